The molecule has 0 aromatic carbocycles. The number of rotatable bonds is 1. The number of hydrogen-bond donors (Lipinski definition) is 1. The highest BCUT2D eigenvalue weighted by Gasteiger charge is 2.32. The van der Waals surface area contributed by atoms with E-state index in [1.165, 1.54) is 0 Å². The van der Waals surface area contributed by atoms with Gasteiger partial charge in [0.15, 0.2) is 11.6 Å². The number of ether oxygens (including phenoxy) is 1. The van der Waals surface area contributed by atoms with E-state index in [1.807, 2.05) is 0 Å². The first kappa shape index (κ1) is 11.8. The summed E-state index contributed by atoms with van der Waals surface area (Å²) in [6, 6.07) is 1.15. The van der Waals surface area contributed by atoms with Crippen molar-refractivity contribution in [3.05, 3.63) is 14.2 Å². The van der Waals surface area contributed by atoms with Crippen molar-refractivity contribution in [2.24, 2.45) is 0 Å². The average Bonchev–Trinajstić information content (AvgIpc) is 1.97. The molecule has 0 radical (unpaired) electrons. The zero-order valence-corrected chi connectivity index (χ0v) is 10.1. The molecule has 1 heterocycles. The van der Waals surface area contributed by atoms with Crippen LogP contribution in [0, 0.1) is 3.57 Å². The third kappa shape index (κ3) is 3.15. The Balaban J connectivity index is 3.04. The van der Waals surface area contributed by atoms with Gasteiger partial charge in [-0.2, -0.15) is 0 Å². The van der Waals surface area contributed by atoms with Crippen molar-refractivity contribution in [2.75, 3.05) is 5.73 Å². The summed E-state index contributed by atoms with van der Waals surface area (Å²) >= 11 is 4.83. The molecule has 0 unspecified atom stereocenters. The third-order valence-electron chi connectivity index (χ3n) is 1.15. The predicted molar refractivity (Wildman–Crippen MR) is 55.7 cm³/mol. The summed E-state index contributed by atoms with van der Waals surface area (Å²) in [7, 11) is 0. The van der Waals surface area contributed by atoms with Crippen LogP contribution in [0.5, 0.6) is 5.75 Å². The first-order chi connectivity index (χ1) is 6.29. The van der Waals surface area contributed by atoms with Crippen LogP contribution in [0.4, 0.5) is 19.0 Å². The van der Waals surface area contributed by atoms with Crippen LogP contribution >= 0.6 is 38.5 Å². The molecule has 8 heteroatoms. The normalized spacial score (nSPS) is 11.5. The van der Waals surface area contributed by atoms with Gasteiger partial charge in [0.05, 0.1) is 0 Å². The van der Waals surface area contributed by atoms with E-state index in [2.05, 4.69) is 25.7 Å². The minimum atomic E-state index is -4.76. The molecule has 0 saturated heterocycles. The van der Waals surface area contributed by atoms with Crippen LogP contribution < -0.4 is 10.5 Å². The van der Waals surface area contributed by atoms with Crippen molar-refractivity contribution in [3.63, 3.8) is 0 Å². The van der Waals surface area contributed by atoms with Gasteiger partial charge in [0.2, 0.25) is 0 Å². The summed E-state index contributed by atoms with van der Waals surface area (Å²) < 4.78 is 40.0. The summed E-state index contributed by atoms with van der Waals surface area (Å²) in [6.07, 6.45) is -4.76. The standard InChI is InChI=1S/C6H3BrF3IN2O/c7-4-2(11)1-3(5(12)13-4)14-6(8,9)10/h1H,(H2,12,13). The second-order valence-electron chi connectivity index (χ2n) is 2.19. The SMILES string of the molecule is Nc1nc(Br)c(I)cc1OC(F)(F)F. The van der Waals surface area contributed by atoms with Gasteiger partial charge in [-0.25, -0.2) is 4.98 Å². The number of halogens is 5. The molecule has 0 spiro atoms. The molecular formula is C6H3BrF3IN2O. The molecule has 0 amide bonds. The Labute approximate surface area is 99.1 Å². The molecule has 3 nitrogen and oxygen atoms in total. The highest BCUT2D eigenvalue weighted by molar-refractivity contribution is 14.1. The number of nitrogens with two attached hydrogens (primary N) is 1. The molecular weight excluding hydrogens is 380 g/mol. The summed E-state index contributed by atoms with van der Waals surface area (Å²) in [5, 5.41) is 0. The number of alkyl halides is 3. The second kappa shape index (κ2) is 4.09. The fourth-order valence-electron chi connectivity index (χ4n) is 0.669. The Morgan fingerprint density at radius 3 is 2.57 bits per heavy atom. The van der Waals surface area contributed by atoms with Crippen molar-refractivity contribution in [1.29, 1.82) is 0 Å². The summed E-state index contributed by atoms with van der Waals surface area (Å²) in [5.41, 5.74) is 5.23. The summed E-state index contributed by atoms with van der Waals surface area (Å²) in [5.74, 6) is -0.806. The average molecular weight is 383 g/mol. The quantitative estimate of drug-likeness (QED) is 0.600. The van der Waals surface area contributed by atoms with Crippen LogP contribution in [-0.2, 0) is 0 Å². The van der Waals surface area contributed by atoms with E-state index in [0.717, 1.165) is 6.07 Å². The van der Waals surface area contributed by atoms with Gasteiger partial charge in [-0.1, -0.05) is 0 Å². The Bertz CT molecular complexity index is 358. The van der Waals surface area contributed by atoms with Crippen molar-refractivity contribution < 1.29 is 17.9 Å². The molecule has 0 saturated carbocycles. The maximum absolute atomic E-state index is 11.8. The zero-order chi connectivity index (χ0) is 10.9. The Morgan fingerprint density at radius 1 is 1.50 bits per heavy atom. The number of nitrogens with zero attached hydrogens (tertiary/aromatic N) is 1. The van der Waals surface area contributed by atoms with Crippen LogP contribution in [-0.4, -0.2) is 11.3 Å². The van der Waals surface area contributed by atoms with Crippen LogP contribution in [0.2, 0.25) is 0 Å². The Morgan fingerprint density at radius 2 is 2.07 bits per heavy atom. The molecule has 14 heavy (non-hydrogen) atoms. The van der Waals surface area contributed by atoms with Crippen LogP contribution in [0.3, 0.4) is 0 Å². The third-order valence-corrected chi connectivity index (χ3v) is 3.32. The highest BCUT2D eigenvalue weighted by Crippen LogP contribution is 2.31. The smallest absolute Gasteiger partial charge is 0.402 e. The maximum Gasteiger partial charge on any atom is 0.573 e. The van der Waals surface area contributed by atoms with E-state index in [1.54, 1.807) is 22.6 Å². The number of aromatic nitrogens is 1. The Kier molecular flexibility index (Phi) is 3.45. The van der Waals surface area contributed by atoms with Gasteiger partial charge in [0.25, 0.3) is 0 Å². The summed E-state index contributed by atoms with van der Waals surface area (Å²) in [6.45, 7) is 0. The van der Waals surface area contributed by atoms with E-state index >= 15 is 0 Å². The minimum absolute atomic E-state index is 0.311. The Hall–Kier alpha value is -0.250. The maximum atomic E-state index is 11.8. The summed E-state index contributed by atoms with van der Waals surface area (Å²) in [4.78, 5) is 3.62. The van der Waals surface area contributed by atoms with Crippen LogP contribution in [0.15, 0.2) is 10.7 Å². The first-order valence-electron chi connectivity index (χ1n) is 3.17. The lowest BCUT2D eigenvalue weighted by atomic mass is 10.4. The van der Waals surface area contributed by atoms with E-state index < -0.39 is 12.1 Å². The molecule has 0 aliphatic carbocycles. The molecule has 78 valence electrons. The van der Waals surface area contributed by atoms with Gasteiger partial charge >= 0.3 is 6.36 Å². The fraction of sp³-hybridized carbons (Fsp3) is 0.167. The monoisotopic (exact) mass is 382 g/mol. The molecule has 0 fully saturated rings. The van der Waals surface area contributed by atoms with Gasteiger partial charge < -0.3 is 10.5 Å². The number of hydrogen-bond acceptors (Lipinski definition) is 3. The highest BCUT2D eigenvalue weighted by atomic mass is 127. The first-order valence-corrected chi connectivity index (χ1v) is 5.04. The van der Waals surface area contributed by atoms with Crippen LogP contribution in [0.25, 0.3) is 0 Å². The molecule has 1 rings (SSSR count). The minimum Gasteiger partial charge on any atom is -0.402 e. The molecule has 1 aromatic rings. The van der Waals surface area contributed by atoms with Gasteiger partial charge in [0, 0.05) is 9.64 Å². The molecule has 0 aliphatic rings. The van der Waals surface area contributed by atoms with Crippen molar-refractivity contribution >= 4 is 44.3 Å². The lowest BCUT2D eigenvalue weighted by molar-refractivity contribution is -0.274. The van der Waals surface area contributed by atoms with E-state index in [-0.39, 0.29) is 5.82 Å². The van der Waals surface area contributed by atoms with Gasteiger partial charge in [-0.3, -0.25) is 0 Å². The largest absolute Gasteiger partial charge is 0.573 e. The number of anilines is 1. The van der Waals surface area contributed by atoms with E-state index in [0.29, 0.717) is 8.17 Å². The van der Waals surface area contributed by atoms with E-state index in [4.69, 9.17) is 5.73 Å². The fourth-order valence-corrected chi connectivity index (χ4v) is 1.38. The number of nitrogen functional groups attached to an aromatic ring is 1. The topological polar surface area (TPSA) is 48.1 Å². The molecule has 1 aromatic heterocycles. The molecule has 0 atom stereocenters. The van der Waals surface area contributed by atoms with Crippen molar-refractivity contribution in [3.8, 4) is 5.75 Å². The lowest BCUT2D eigenvalue weighted by Crippen LogP contribution is -2.18. The van der Waals surface area contributed by atoms with Crippen molar-refractivity contribution in [1.82, 2.24) is 4.98 Å². The number of pyridine rings is 1. The van der Waals surface area contributed by atoms with Gasteiger partial charge in [0.1, 0.15) is 4.60 Å². The predicted octanol–water partition coefficient (Wildman–Crippen LogP) is 2.93. The van der Waals surface area contributed by atoms with Gasteiger partial charge in [-0.05, 0) is 38.5 Å². The van der Waals surface area contributed by atoms with Crippen LogP contribution in [0.1, 0.15) is 0 Å². The lowest BCUT2D eigenvalue weighted by Gasteiger charge is -2.10. The van der Waals surface area contributed by atoms with Gasteiger partial charge in [-0.15, -0.1) is 13.2 Å². The molecule has 0 aliphatic heterocycles. The van der Waals surface area contributed by atoms with E-state index in [9.17, 15) is 13.2 Å². The molecule has 2 N–H and O–H groups in total. The molecule has 0 bridgehead atoms. The van der Waals surface area contributed by atoms with Crippen molar-refractivity contribution in [2.45, 2.75) is 6.36 Å². The zero-order valence-electron chi connectivity index (χ0n) is 6.40. The second-order valence-corrected chi connectivity index (χ2v) is 4.11.